The zero-order chi connectivity index (χ0) is 14.9. The van der Waals surface area contributed by atoms with Crippen molar-refractivity contribution in [3.05, 3.63) is 59.4 Å². The summed E-state index contributed by atoms with van der Waals surface area (Å²) < 4.78 is 5.26. The van der Waals surface area contributed by atoms with Crippen molar-refractivity contribution < 1.29 is 9.53 Å². The van der Waals surface area contributed by atoms with E-state index in [-0.39, 0.29) is 19.1 Å². The largest absolute Gasteiger partial charge is 0.482 e. The van der Waals surface area contributed by atoms with Crippen molar-refractivity contribution >= 4 is 17.5 Å². The van der Waals surface area contributed by atoms with Gasteiger partial charge in [0, 0.05) is 11.8 Å². The highest BCUT2D eigenvalue weighted by atomic mass is 35.5. The van der Waals surface area contributed by atoms with Crippen molar-refractivity contribution in [2.24, 2.45) is 0 Å². The van der Waals surface area contributed by atoms with Gasteiger partial charge in [0.05, 0.1) is 17.8 Å². The van der Waals surface area contributed by atoms with E-state index in [4.69, 9.17) is 16.3 Å². The fourth-order valence-electron chi connectivity index (χ4n) is 1.48. The van der Waals surface area contributed by atoms with E-state index in [9.17, 15) is 4.79 Å². The minimum atomic E-state index is -0.243. The fraction of sp³-hybridized carbons (Fsp3) is 0.125. The molecule has 1 aromatic heterocycles. The molecule has 0 bridgehead atoms. The van der Waals surface area contributed by atoms with E-state index < -0.39 is 0 Å². The van der Waals surface area contributed by atoms with Gasteiger partial charge in [0.15, 0.2) is 6.61 Å². The lowest BCUT2D eigenvalue weighted by Crippen LogP contribution is -2.29. The molecular formula is C16H13ClN2O2. The number of hydrogen-bond donors (Lipinski definition) is 1. The van der Waals surface area contributed by atoms with Crippen molar-refractivity contribution in [1.29, 1.82) is 0 Å². The first kappa shape index (κ1) is 14.9. The van der Waals surface area contributed by atoms with E-state index in [1.807, 2.05) is 18.2 Å². The van der Waals surface area contributed by atoms with Gasteiger partial charge < -0.3 is 10.1 Å². The summed E-state index contributed by atoms with van der Waals surface area (Å²) in [6.45, 7) is 0.167. The molecule has 106 valence electrons. The first-order valence-electron chi connectivity index (χ1n) is 6.28. The number of pyridine rings is 1. The van der Waals surface area contributed by atoms with Crippen LogP contribution in [-0.2, 0) is 4.79 Å². The van der Waals surface area contributed by atoms with Crippen LogP contribution in [0.5, 0.6) is 5.75 Å². The maximum Gasteiger partial charge on any atom is 0.258 e. The zero-order valence-corrected chi connectivity index (χ0v) is 11.9. The van der Waals surface area contributed by atoms with Crippen LogP contribution in [0, 0.1) is 11.8 Å². The van der Waals surface area contributed by atoms with Crippen LogP contribution >= 0.6 is 11.6 Å². The number of carbonyl (C=O) groups is 1. The van der Waals surface area contributed by atoms with Gasteiger partial charge in [-0.15, -0.1) is 0 Å². The zero-order valence-electron chi connectivity index (χ0n) is 11.2. The fourth-order valence-corrected chi connectivity index (χ4v) is 1.66. The second-order valence-electron chi connectivity index (χ2n) is 4.04. The Kier molecular flexibility index (Phi) is 5.62. The number of nitrogens with one attached hydrogen (secondary N) is 1. The maximum atomic E-state index is 11.5. The van der Waals surface area contributed by atoms with Gasteiger partial charge in [-0.3, -0.25) is 9.78 Å². The third kappa shape index (κ3) is 5.17. The number of amides is 1. The summed E-state index contributed by atoms with van der Waals surface area (Å²) >= 11 is 5.97. The van der Waals surface area contributed by atoms with Gasteiger partial charge >= 0.3 is 0 Å². The Morgan fingerprint density at radius 2 is 2.14 bits per heavy atom. The van der Waals surface area contributed by atoms with Crippen LogP contribution in [-0.4, -0.2) is 24.0 Å². The number of aromatic nitrogens is 1. The van der Waals surface area contributed by atoms with E-state index >= 15 is 0 Å². The highest BCUT2D eigenvalue weighted by Gasteiger charge is 2.00. The number of carbonyl (C=O) groups excluding carboxylic acids is 1. The average Bonchev–Trinajstić information content (AvgIpc) is 2.52. The second-order valence-corrected chi connectivity index (χ2v) is 4.44. The molecule has 0 spiro atoms. The third-order valence-corrected chi connectivity index (χ3v) is 2.80. The Morgan fingerprint density at radius 1 is 1.29 bits per heavy atom. The summed E-state index contributed by atoms with van der Waals surface area (Å²) in [4.78, 5) is 15.4. The maximum absolute atomic E-state index is 11.5. The molecule has 0 aliphatic carbocycles. The molecule has 1 N–H and O–H groups in total. The van der Waals surface area contributed by atoms with Gasteiger partial charge in [-0.2, -0.15) is 0 Å². The monoisotopic (exact) mass is 300 g/mol. The average molecular weight is 301 g/mol. The Labute approximate surface area is 128 Å². The summed E-state index contributed by atoms with van der Waals surface area (Å²) in [6, 6.07) is 10.8. The lowest BCUT2D eigenvalue weighted by atomic mass is 10.2. The molecule has 1 aromatic carbocycles. The molecule has 5 heteroatoms. The molecule has 0 unspecified atom stereocenters. The van der Waals surface area contributed by atoms with Gasteiger partial charge in [0.25, 0.3) is 5.91 Å². The highest BCUT2D eigenvalue weighted by Crippen LogP contribution is 2.12. The quantitative estimate of drug-likeness (QED) is 0.881. The highest BCUT2D eigenvalue weighted by molar-refractivity contribution is 6.31. The molecule has 2 aromatic rings. The number of halogens is 1. The topological polar surface area (TPSA) is 51.2 Å². The molecule has 4 nitrogen and oxygen atoms in total. The molecule has 0 saturated heterocycles. The Bertz CT molecular complexity index is 663. The van der Waals surface area contributed by atoms with Crippen LogP contribution < -0.4 is 10.1 Å². The molecular weight excluding hydrogens is 288 g/mol. The van der Waals surface area contributed by atoms with Crippen molar-refractivity contribution in [1.82, 2.24) is 10.3 Å². The number of benzene rings is 1. The van der Waals surface area contributed by atoms with Gasteiger partial charge in [-0.05, 0) is 24.3 Å². The molecule has 2 rings (SSSR count). The summed E-state index contributed by atoms with van der Waals surface area (Å²) in [6.07, 6.45) is 3.18. The summed E-state index contributed by atoms with van der Waals surface area (Å²) in [5, 5.41) is 3.24. The van der Waals surface area contributed by atoms with Gasteiger partial charge in [-0.1, -0.05) is 35.6 Å². The smallest absolute Gasteiger partial charge is 0.258 e. The van der Waals surface area contributed by atoms with E-state index in [1.54, 1.807) is 30.6 Å². The second kappa shape index (κ2) is 7.93. The Morgan fingerprint density at radius 3 is 2.90 bits per heavy atom. The van der Waals surface area contributed by atoms with Crippen LogP contribution in [0.25, 0.3) is 0 Å². The minimum absolute atomic E-state index is 0.0700. The molecule has 1 amide bonds. The van der Waals surface area contributed by atoms with Gasteiger partial charge in [-0.25, -0.2) is 0 Å². The minimum Gasteiger partial charge on any atom is -0.482 e. The SMILES string of the molecule is O=C(COc1cccnc1)NCC#Cc1ccccc1Cl. The summed E-state index contributed by atoms with van der Waals surface area (Å²) in [5.74, 6) is 6.04. The first-order chi connectivity index (χ1) is 10.3. The molecule has 0 atom stereocenters. The summed E-state index contributed by atoms with van der Waals surface area (Å²) in [5.41, 5.74) is 0.736. The molecule has 0 aliphatic rings. The van der Waals surface area contributed by atoms with E-state index in [2.05, 4.69) is 22.1 Å². The van der Waals surface area contributed by atoms with Gasteiger partial charge in [0.2, 0.25) is 0 Å². The van der Waals surface area contributed by atoms with Crippen LogP contribution in [0.1, 0.15) is 5.56 Å². The molecule has 0 radical (unpaired) electrons. The van der Waals surface area contributed by atoms with Crippen molar-refractivity contribution in [2.45, 2.75) is 0 Å². The van der Waals surface area contributed by atoms with Crippen molar-refractivity contribution in [2.75, 3.05) is 13.2 Å². The molecule has 0 saturated carbocycles. The number of rotatable bonds is 4. The Balaban J connectivity index is 1.74. The third-order valence-electron chi connectivity index (χ3n) is 2.48. The number of nitrogens with zero attached hydrogens (tertiary/aromatic N) is 1. The van der Waals surface area contributed by atoms with E-state index in [1.165, 1.54) is 0 Å². The van der Waals surface area contributed by atoms with Crippen LogP contribution in [0.4, 0.5) is 0 Å². The van der Waals surface area contributed by atoms with Crippen LogP contribution in [0.15, 0.2) is 48.8 Å². The molecule has 0 fully saturated rings. The molecule has 1 heterocycles. The predicted octanol–water partition coefficient (Wildman–Crippen LogP) is 2.28. The standard InChI is InChI=1S/C16H13ClN2O2/c17-15-8-2-1-5-13(15)6-3-10-19-16(20)12-21-14-7-4-9-18-11-14/h1-2,4-5,7-9,11H,10,12H2,(H,19,20). The lowest BCUT2D eigenvalue weighted by molar-refractivity contribution is -0.122. The normalized spacial score (nSPS) is 9.38. The van der Waals surface area contributed by atoms with Gasteiger partial charge in [0.1, 0.15) is 5.75 Å². The summed E-state index contributed by atoms with van der Waals surface area (Å²) in [7, 11) is 0. The predicted molar refractivity (Wildman–Crippen MR) is 81.1 cm³/mol. The first-order valence-corrected chi connectivity index (χ1v) is 6.66. The van der Waals surface area contributed by atoms with Crippen molar-refractivity contribution in [3.63, 3.8) is 0 Å². The van der Waals surface area contributed by atoms with Crippen molar-refractivity contribution in [3.8, 4) is 17.6 Å². The number of hydrogen-bond acceptors (Lipinski definition) is 3. The van der Waals surface area contributed by atoms with Crippen LogP contribution in [0.3, 0.4) is 0 Å². The van der Waals surface area contributed by atoms with E-state index in [0.29, 0.717) is 10.8 Å². The Hall–Kier alpha value is -2.51. The molecule has 0 aliphatic heterocycles. The lowest BCUT2D eigenvalue weighted by Gasteiger charge is -2.04. The van der Waals surface area contributed by atoms with Crippen LogP contribution in [0.2, 0.25) is 5.02 Å². The van der Waals surface area contributed by atoms with E-state index in [0.717, 1.165) is 5.56 Å². The number of ether oxygens (including phenoxy) is 1. The molecule has 21 heavy (non-hydrogen) atoms.